The average Bonchev–Trinajstić information content (AvgIpc) is 2.81. The summed E-state index contributed by atoms with van der Waals surface area (Å²) in [6, 6.07) is 12.8. The predicted molar refractivity (Wildman–Crippen MR) is 118 cm³/mol. The Hall–Kier alpha value is -3.75. The van der Waals surface area contributed by atoms with E-state index < -0.39 is 11.8 Å². The Balaban J connectivity index is 1.55. The Morgan fingerprint density at radius 3 is 2.09 bits per heavy atom. The van der Waals surface area contributed by atoms with E-state index in [0.717, 1.165) is 5.56 Å². The molecule has 0 atom stereocenters. The lowest BCUT2D eigenvalue weighted by molar-refractivity contribution is -0.156. The smallest absolute Gasteiger partial charge is 0.312 e. The summed E-state index contributed by atoms with van der Waals surface area (Å²) in [4.78, 5) is 40.4. The quantitative estimate of drug-likeness (QED) is 0.597. The fraction of sp³-hybridized carbons (Fsp3) is 0.348. The first-order valence-corrected chi connectivity index (χ1v) is 10.2. The summed E-state index contributed by atoms with van der Waals surface area (Å²) in [7, 11) is 4.47. The van der Waals surface area contributed by atoms with Crippen LogP contribution in [0.15, 0.2) is 42.5 Å². The van der Waals surface area contributed by atoms with Crippen molar-refractivity contribution in [2.45, 2.75) is 13.0 Å². The van der Waals surface area contributed by atoms with Crippen LogP contribution in [-0.2, 0) is 20.9 Å². The molecule has 0 aromatic heterocycles. The number of ether oxygens (including phenoxy) is 3. The molecule has 9 nitrogen and oxygen atoms in total. The Kier molecular flexibility index (Phi) is 7.54. The van der Waals surface area contributed by atoms with Crippen molar-refractivity contribution in [3.05, 3.63) is 48.0 Å². The molecule has 1 aliphatic rings. The predicted octanol–water partition coefficient (Wildman–Crippen LogP) is 1.91. The lowest BCUT2D eigenvalue weighted by Gasteiger charge is -2.33. The number of methoxy groups -OCH3 is 3. The molecule has 2 aromatic carbocycles. The topological polar surface area (TPSA) is 97.4 Å². The number of amides is 3. The van der Waals surface area contributed by atoms with Crippen molar-refractivity contribution in [3.63, 3.8) is 0 Å². The zero-order valence-corrected chi connectivity index (χ0v) is 18.4. The van der Waals surface area contributed by atoms with Gasteiger partial charge >= 0.3 is 11.8 Å². The second-order valence-corrected chi connectivity index (χ2v) is 7.22. The molecule has 1 saturated heterocycles. The number of nitrogens with one attached hydrogen (secondary N) is 1. The van der Waals surface area contributed by atoms with E-state index in [-0.39, 0.29) is 18.9 Å². The molecule has 0 unspecified atom stereocenters. The minimum atomic E-state index is -0.590. The molecule has 3 rings (SSSR count). The maximum Gasteiger partial charge on any atom is 0.312 e. The second kappa shape index (κ2) is 10.5. The van der Waals surface area contributed by atoms with Crippen molar-refractivity contribution in [2.24, 2.45) is 0 Å². The maximum atomic E-state index is 12.5. The van der Waals surface area contributed by atoms with Gasteiger partial charge in [-0.2, -0.15) is 0 Å². The monoisotopic (exact) mass is 441 g/mol. The van der Waals surface area contributed by atoms with Gasteiger partial charge < -0.3 is 29.3 Å². The molecule has 0 saturated carbocycles. The number of nitrogens with zero attached hydrogens (tertiary/aromatic N) is 2. The van der Waals surface area contributed by atoms with Crippen molar-refractivity contribution in [1.29, 1.82) is 0 Å². The zero-order valence-electron chi connectivity index (χ0n) is 18.4. The number of hydrogen-bond acceptors (Lipinski definition) is 6. The molecule has 32 heavy (non-hydrogen) atoms. The molecule has 1 N–H and O–H groups in total. The summed E-state index contributed by atoms with van der Waals surface area (Å²) in [6.45, 7) is 1.35. The van der Waals surface area contributed by atoms with E-state index in [9.17, 15) is 14.4 Å². The van der Waals surface area contributed by atoms with Crippen LogP contribution in [0.1, 0.15) is 12.0 Å². The number of anilines is 1. The molecule has 1 aliphatic heterocycles. The SMILES string of the molecule is COc1cc(NC(=O)CCN2CCN(Cc3ccccc3)C(=O)C2=O)cc(OC)c1OC. The van der Waals surface area contributed by atoms with Gasteiger partial charge in [-0.15, -0.1) is 0 Å². The second-order valence-electron chi connectivity index (χ2n) is 7.22. The van der Waals surface area contributed by atoms with Crippen molar-refractivity contribution in [2.75, 3.05) is 46.3 Å². The van der Waals surface area contributed by atoms with Crippen LogP contribution in [0.3, 0.4) is 0 Å². The Morgan fingerprint density at radius 2 is 1.50 bits per heavy atom. The Morgan fingerprint density at radius 1 is 0.906 bits per heavy atom. The number of hydrogen-bond donors (Lipinski definition) is 1. The minimum Gasteiger partial charge on any atom is -0.493 e. The van der Waals surface area contributed by atoms with Crippen LogP contribution in [0, 0.1) is 0 Å². The van der Waals surface area contributed by atoms with E-state index in [0.29, 0.717) is 42.6 Å². The summed E-state index contributed by atoms with van der Waals surface area (Å²) < 4.78 is 15.8. The van der Waals surface area contributed by atoms with Gasteiger partial charge in [-0.25, -0.2) is 0 Å². The fourth-order valence-electron chi connectivity index (χ4n) is 3.50. The first-order valence-electron chi connectivity index (χ1n) is 10.2. The van der Waals surface area contributed by atoms with Crippen molar-refractivity contribution in [1.82, 2.24) is 9.80 Å². The van der Waals surface area contributed by atoms with Gasteiger partial charge in [-0.05, 0) is 5.56 Å². The van der Waals surface area contributed by atoms with E-state index in [4.69, 9.17) is 14.2 Å². The maximum absolute atomic E-state index is 12.5. The largest absolute Gasteiger partial charge is 0.493 e. The number of carbonyl (C=O) groups excluding carboxylic acids is 3. The fourth-order valence-corrected chi connectivity index (χ4v) is 3.50. The molecule has 2 aromatic rings. The number of piperazine rings is 1. The summed E-state index contributed by atoms with van der Waals surface area (Å²) in [5, 5.41) is 2.76. The van der Waals surface area contributed by atoms with Crippen molar-refractivity contribution < 1.29 is 28.6 Å². The average molecular weight is 441 g/mol. The van der Waals surface area contributed by atoms with Gasteiger partial charge in [-0.1, -0.05) is 30.3 Å². The lowest BCUT2D eigenvalue weighted by atomic mass is 10.2. The minimum absolute atomic E-state index is 0.0500. The summed E-state index contributed by atoms with van der Waals surface area (Å²) in [5.41, 5.74) is 1.44. The van der Waals surface area contributed by atoms with Crippen LogP contribution in [0.2, 0.25) is 0 Å². The Labute approximate surface area is 186 Å². The molecular formula is C23H27N3O6. The van der Waals surface area contributed by atoms with E-state index in [1.165, 1.54) is 31.1 Å². The van der Waals surface area contributed by atoms with Gasteiger partial charge in [0.25, 0.3) is 0 Å². The van der Waals surface area contributed by atoms with Crippen LogP contribution >= 0.6 is 0 Å². The van der Waals surface area contributed by atoms with Gasteiger partial charge in [0, 0.05) is 50.4 Å². The van der Waals surface area contributed by atoms with E-state index in [1.54, 1.807) is 12.1 Å². The third kappa shape index (κ3) is 5.29. The van der Waals surface area contributed by atoms with E-state index in [2.05, 4.69) is 5.32 Å². The summed E-state index contributed by atoms with van der Waals surface area (Å²) in [5.74, 6) is -0.190. The lowest BCUT2D eigenvalue weighted by Crippen LogP contribution is -2.54. The molecule has 0 radical (unpaired) electrons. The van der Waals surface area contributed by atoms with Crippen molar-refractivity contribution >= 4 is 23.4 Å². The molecule has 9 heteroatoms. The zero-order chi connectivity index (χ0) is 23.1. The third-order valence-electron chi connectivity index (χ3n) is 5.17. The molecule has 0 aliphatic carbocycles. The first-order chi connectivity index (χ1) is 15.5. The van der Waals surface area contributed by atoms with Gasteiger partial charge in [0.2, 0.25) is 11.7 Å². The highest BCUT2D eigenvalue weighted by Gasteiger charge is 2.32. The van der Waals surface area contributed by atoms with Gasteiger partial charge in [-0.3, -0.25) is 14.4 Å². The summed E-state index contributed by atoms with van der Waals surface area (Å²) >= 11 is 0. The number of benzene rings is 2. The van der Waals surface area contributed by atoms with Gasteiger partial charge in [0.05, 0.1) is 21.3 Å². The summed E-state index contributed by atoms with van der Waals surface area (Å²) in [6.07, 6.45) is 0.0500. The van der Waals surface area contributed by atoms with Crippen LogP contribution < -0.4 is 19.5 Å². The molecule has 170 valence electrons. The highest BCUT2D eigenvalue weighted by Crippen LogP contribution is 2.39. The highest BCUT2D eigenvalue weighted by molar-refractivity contribution is 6.35. The standard InChI is InChI=1S/C23H27N3O6/c1-30-18-13-17(14-19(31-2)21(18)32-3)24-20(27)9-10-25-11-12-26(23(29)22(25)28)15-16-7-5-4-6-8-16/h4-8,13-14H,9-12,15H2,1-3H3,(H,24,27). The molecule has 1 fully saturated rings. The van der Waals surface area contributed by atoms with Crippen LogP contribution in [0.5, 0.6) is 17.2 Å². The molecule has 0 bridgehead atoms. The van der Waals surface area contributed by atoms with Gasteiger partial charge in [0.15, 0.2) is 11.5 Å². The highest BCUT2D eigenvalue weighted by atomic mass is 16.5. The van der Waals surface area contributed by atoms with E-state index >= 15 is 0 Å². The third-order valence-corrected chi connectivity index (χ3v) is 5.17. The number of rotatable bonds is 9. The van der Waals surface area contributed by atoms with Crippen LogP contribution in [0.4, 0.5) is 5.69 Å². The van der Waals surface area contributed by atoms with Crippen LogP contribution in [-0.4, -0.2) is 68.5 Å². The molecular weight excluding hydrogens is 414 g/mol. The van der Waals surface area contributed by atoms with Crippen molar-refractivity contribution in [3.8, 4) is 17.2 Å². The van der Waals surface area contributed by atoms with Crippen LogP contribution in [0.25, 0.3) is 0 Å². The molecule has 0 spiro atoms. The normalized spacial score (nSPS) is 13.7. The molecule has 1 heterocycles. The van der Waals surface area contributed by atoms with E-state index in [1.807, 2.05) is 30.3 Å². The first kappa shape index (κ1) is 22.9. The Bertz CT molecular complexity index is 954. The number of carbonyl (C=O) groups is 3. The van der Waals surface area contributed by atoms with Gasteiger partial charge in [0.1, 0.15) is 0 Å². The molecule has 3 amide bonds.